The number of hydrogen-bond donors (Lipinski definition) is 2. The third-order valence-corrected chi connectivity index (χ3v) is 5.26. The van der Waals surface area contributed by atoms with Crippen molar-refractivity contribution in [1.82, 2.24) is 10.0 Å². The van der Waals surface area contributed by atoms with E-state index in [0.717, 1.165) is 11.3 Å². The Hall–Kier alpha value is -1.93. The van der Waals surface area contributed by atoms with Crippen molar-refractivity contribution in [3.63, 3.8) is 0 Å². The van der Waals surface area contributed by atoms with E-state index in [-0.39, 0.29) is 29.7 Å². The van der Waals surface area contributed by atoms with E-state index in [0.29, 0.717) is 19.4 Å². The van der Waals surface area contributed by atoms with Crippen LogP contribution in [0.1, 0.15) is 25.3 Å². The average molecular weight is 339 g/mol. The van der Waals surface area contributed by atoms with Crippen molar-refractivity contribution in [3.8, 4) is 0 Å². The molecule has 1 heterocycles. The fourth-order valence-corrected chi connectivity index (χ4v) is 3.64. The molecular weight excluding hydrogens is 318 g/mol. The molecule has 0 unspecified atom stereocenters. The number of aryl methyl sites for hydroxylation is 1. The van der Waals surface area contributed by atoms with Crippen LogP contribution in [0.5, 0.6) is 0 Å². The summed E-state index contributed by atoms with van der Waals surface area (Å²) in [5.74, 6) is -0.172. The average Bonchev–Trinajstić information content (AvgIpc) is 2.54. The SMILES string of the molecule is CCN1C(=O)CCc2cc(S(=O)(=O)NCCC(=O)NC)ccc21. The quantitative estimate of drug-likeness (QED) is 0.784. The van der Waals surface area contributed by atoms with Crippen LogP contribution in [0.2, 0.25) is 0 Å². The molecule has 0 spiro atoms. The molecule has 0 fully saturated rings. The predicted molar refractivity (Wildman–Crippen MR) is 86.7 cm³/mol. The molecule has 0 aromatic heterocycles. The van der Waals surface area contributed by atoms with Crippen LogP contribution in [0.15, 0.2) is 23.1 Å². The normalized spacial score (nSPS) is 14.5. The summed E-state index contributed by atoms with van der Waals surface area (Å²) >= 11 is 0. The fourth-order valence-electron chi connectivity index (χ4n) is 2.56. The maximum Gasteiger partial charge on any atom is 0.240 e. The zero-order valence-electron chi connectivity index (χ0n) is 13.3. The Morgan fingerprint density at radius 1 is 1.30 bits per heavy atom. The minimum Gasteiger partial charge on any atom is -0.359 e. The summed E-state index contributed by atoms with van der Waals surface area (Å²) in [5, 5.41) is 2.44. The fraction of sp³-hybridized carbons (Fsp3) is 0.467. The number of benzene rings is 1. The summed E-state index contributed by atoms with van der Waals surface area (Å²) in [4.78, 5) is 24.8. The van der Waals surface area contributed by atoms with Crippen LogP contribution in [0.25, 0.3) is 0 Å². The molecule has 1 aromatic carbocycles. The van der Waals surface area contributed by atoms with Gasteiger partial charge in [0.1, 0.15) is 0 Å². The molecule has 2 rings (SSSR count). The molecule has 126 valence electrons. The minimum atomic E-state index is -3.67. The Morgan fingerprint density at radius 2 is 2.04 bits per heavy atom. The van der Waals surface area contributed by atoms with Crippen LogP contribution < -0.4 is 14.9 Å². The van der Waals surface area contributed by atoms with Gasteiger partial charge < -0.3 is 10.2 Å². The molecule has 0 saturated carbocycles. The first kappa shape index (κ1) is 17.4. The van der Waals surface area contributed by atoms with Gasteiger partial charge in [0.25, 0.3) is 0 Å². The van der Waals surface area contributed by atoms with Crippen molar-refractivity contribution in [2.45, 2.75) is 31.1 Å². The van der Waals surface area contributed by atoms with Crippen molar-refractivity contribution < 1.29 is 18.0 Å². The lowest BCUT2D eigenvalue weighted by atomic mass is 10.0. The highest BCUT2D eigenvalue weighted by atomic mass is 32.2. The molecule has 23 heavy (non-hydrogen) atoms. The van der Waals surface area contributed by atoms with Crippen molar-refractivity contribution in [3.05, 3.63) is 23.8 Å². The number of nitrogens with zero attached hydrogens (tertiary/aromatic N) is 1. The minimum absolute atomic E-state index is 0.0403. The Balaban J connectivity index is 2.18. The van der Waals surface area contributed by atoms with Gasteiger partial charge in [0.15, 0.2) is 0 Å². The molecule has 1 aliphatic rings. The lowest BCUT2D eigenvalue weighted by Crippen LogP contribution is -2.35. The molecule has 2 N–H and O–H groups in total. The topological polar surface area (TPSA) is 95.6 Å². The van der Waals surface area contributed by atoms with E-state index in [4.69, 9.17) is 0 Å². The lowest BCUT2D eigenvalue weighted by molar-refractivity contribution is -0.120. The van der Waals surface area contributed by atoms with Crippen molar-refractivity contribution >= 4 is 27.5 Å². The molecule has 0 bridgehead atoms. The molecule has 1 aliphatic heterocycles. The van der Waals surface area contributed by atoms with Gasteiger partial charge in [0.05, 0.1) is 4.90 Å². The highest BCUT2D eigenvalue weighted by molar-refractivity contribution is 7.89. The second kappa shape index (κ2) is 7.10. The number of amides is 2. The van der Waals surface area contributed by atoms with Gasteiger partial charge in [0, 0.05) is 38.7 Å². The smallest absolute Gasteiger partial charge is 0.240 e. The number of nitrogens with one attached hydrogen (secondary N) is 2. The van der Waals surface area contributed by atoms with Crippen LogP contribution in [0, 0.1) is 0 Å². The number of anilines is 1. The van der Waals surface area contributed by atoms with Gasteiger partial charge in [-0.2, -0.15) is 0 Å². The Labute approximate surface area is 136 Å². The first-order valence-electron chi connectivity index (χ1n) is 7.52. The summed E-state index contributed by atoms with van der Waals surface area (Å²) in [5.41, 5.74) is 1.62. The molecule has 0 saturated heterocycles. The standard InChI is InChI=1S/C15H21N3O4S/c1-3-18-13-6-5-12(10-11(13)4-7-15(18)20)23(21,22)17-9-8-14(19)16-2/h5-6,10,17H,3-4,7-9H2,1-2H3,(H,16,19). The molecule has 0 radical (unpaired) electrons. The highest BCUT2D eigenvalue weighted by Gasteiger charge is 2.24. The molecule has 8 heteroatoms. The number of carbonyl (C=O) groups is 2. The monoisotopic (exact) mass is 339 g/mol. The van der Waals surface area contributed by atoms with E-state index in [1.165, 1.54) is 13.1 Å². The summed E-state index contributed by atoms with van der Waals surface area (Å²) in [7, 11) is -2.17. The number of hydrogen-bond acceptors (Lipinski definition) is 4. The number of sulfonamides is 1. The molecule has 0 aliphatic carbocycles. The van der Waals surface area contributed by atoms with E-state index in [1.54, 1.807) is 17.0 Å². The summed E-state index contributed by atoms with van der Waals surface area (Å²) in [6, 6.07) is 4.76. The van der Waals surface area contributed by atoms with Gasteiger partial charge in [-0.1, -0.05) is 0 Å². The number of rotatable bonds is 6. The Morgan fingerprint density at radius 3 is 2.70 bits per heavy atom. The van der Waals surface area contributed by atoms with Crippen molar-refractivity contribution in [1.29, 1.82) is 0 Å². The van der Waals surface area contributed by atoms with E-state index >= 15 is 0 Å². The number of fused-ring (bicyclic) bond motifs is 1. The van der Waals surface area contributed by atoms with E-state index in [9.17, 15) is 18.0 Å². The zero-order chi connectivity index (χ0) is 17.0. The molecule has 0 atom stereocenters. The van der Waals surface area contributed by atoms with Gasteiger partial charge in [0.2, 0.25) is 21.8 Å². The molecule has 1 aromatic rings. The molecule has 2 amide bonds. The molecule has 7 nitrogen and oxygen atoms in total. The highest BCUT2D eigenvalue weighted by Crippen LogP contribution is 2.29. The van der Waals surface area contributed by atoms with Crippen LogP contribution in [-0.4, -0.2) is 40.4 Å². The second-order valence-electron chi connectivity index (χ2n) is 5.25. The summed E-state index contributed by atoms with van der Waals surface area (Å²) in [6.07, 6.45) is 0.999. The number of carbonyl (C=O) groups excluding carboxylic acids is 2. The predicted octanol–water partition coefficient (Wildman–Crippen LogP) is 0.400. The second-order valence-corrected chi connectivity index (χ2v) is 7.02. The van der Waals surface area contributed by atoms with Crippen molar-refractivity contribution in [2.75, 3.05) is 25.0 Å². The van der Waals surface area contributed by atoms with E-state index < -0.39 is 10.0 Å². The first-order chi connectivity index (χ1) is 10.9. The van der Waals surface area contributed by atoms with E-state index in [1.807, 2.05) is 6.92 Å². The largest absolute Gasteiger partial charge is 0.359 e. The maximum absolute atomic E-state index is 12.3. The van der Waals surface area contributed by atoms with E-state index in [2.05, 4.69) is 10.0 Å². The first-order valence-corrected chi connectivity index (χ1v) is 9.01. The Kier molecular flexibility index (Phi) is 5.38. The van der Waals surface area contributed by atoms with Gasteiger partial charge in [-0.15, -0.1) is 0 Å². The van der Waals surface area contributed by atoms with Crippen LogP contribution >= 0.6 is 0 Å². The van der Waals surface area contributed by atoms with Gasteiger partial charge in [-0.05, 0) is 37.1 Å². The third kappa shape index (κ3) is 3.89. The van der Waals surface area contributed by atoms with Crippen LogP contribution in [-0.2, 0) is 26.0 Å². The maximum atomic E-state index is 12.3. The molecular formula is C15H21N3O4S. The van der Waals surface area contributed by atoms with Gasteiger partial charge >= 0.3 is 0 Å². The van der Waals surface area contributed by atoms with Crippen molar-refractivity contribution in [2.24, 2.45) is 0 Å². The van der Waals surface area contributed by atoms with Gasteiger partial charge in [-0.3, -0.25) is 9.59 Å². The van der Waals surface area contributed by atoms with Crippen LogP contribution in [0.4, 0.5) is 5.69 Å². The third-order valence-electron chi connectivity index (χ3n) is 3.80. The Bertz CT molecular complexity index is 715. The van der Waals surface area contributed by atoms with Crippen LogP contribution in [0.3, 0.4) is 0 Å². The van der Waals surface area contributed by atoms with Gasteiger partial charge in [-0.25, -0.2) is 13.1 Å². The zero-order valence-corrected chi connectivity index (χ0v) is 14.1. The summed E-state index contributed by atoms with van der Waals surface area (Å²) in [6.45, 7) is 2.49. The summed E-state index contributed by atoms with van der Waals surface area (Å²) < 4.78 is 27.0. The lowest BCUT2D eigenvalue weighted by Gasteiger charge is -2.28.